The highest BCUT2D eigenvalue weighted by Crippen LogP contribution is 2.17. The molecule has 0 saturated carbocycles. The van der Waals surface area contributed by atoms with Crippen LogP contribution < -0.4 is 5.73 Å². The minimum Gasteiger partial charge on any atom is -0.481 e. The van der Waals surface area contributed by atoms with E-state index >= 15 is 0 Å². The van der Waals surface area contributed by atoms with E-state index in [1.807, 2.05) is 31.2 Å². The van der Waals surface area contributed by atoms with E-state index in [4.69, 9.17) is 15.9 Å². The molecule has 0 bridgehead atoms. The number of carboxylic acids is 1. The third kappa shape index (κ3) is 10.3. The third-order valence-electron chi connectivity index (χ3n) is 2.91. The Kier molecular flexibility index (Phi) is 12.2. The van der Waals surface area contributed by atoms with Gasteiger partial charge in [0.15, 0.2) is 0 Å². The zero-order valence-corrected chi connectivity index (χ0v) is 14.1. The number of benzene rings is 1. The molecule has 0 heterocycles. The Hall–Kier alpha value is -1.10. The average Bonchev–Trinajstić information content (AvgIpc) is 2.38. The SMILES string of the molecule is CC(C)Cc1ccc(C(C)C(=O)O)cc1.CCC(N)O.Cl. The standard InChI is InChI=1S/C13H18O2.C3H9NO.ClH/c1-9(2)8-11-4-6-12(7-5-11)10(3)13(14)15;1-2-3(4)5;/h4-7,9-10H,8H2,1-3H3,(H,14,15);3,5H,2,4H2,1H3;1H. The quantitative estimate of drug-likeness (QED) is 0.728. The summed E-state index contributed by atoms with van der Waals surface area (Å²) < 4.78 is 0. The summed E-state index contributed by atoms with van der Waals surface area (Å²) in [5, 5.41) is 17.0. The van der Waals surface area contributed by atoms with Crippen LogP contribution in [-0.4, -0.2) is 22.4 Å². The van der Waals surface area contributed by atoms with E-state index in [0.717, 1.165) is 12.0 Å². The second-order valence-electron chi connectivity index (χ2n) is 5.38. The summed E-state index contributed by atoms with van der Waals surface area (Å²) in [5.74, 6) is -0.558. The molecule has 0 aliphatic carbocycles. The van der Waals surface area contributed by atoms with Gasteiger partial charge in [-0.2, -0.15) is 0 Å². The van der Waals surface area contributed by atoms with Crippen LogP contribution in [0.5, 0.6) is 0 Å². The molecule has 1 aromatic carbocycles. The Balaban J connectivity index is 0. The first kappa shape index (κ1) is 22.2. The lowest BCUT2D eigenvalue weighted by molar-refractivity contribution is -0.138. The molecule has 0 aromatic heterocycles. The number of aliphatic carboxylic acids is 1. The normalized spacial score (nSPS) is 12.7. The minimum absolute atomic E-state index is 0. The van der Waals surface area contributed by atoms with Crippen molar-refractivity contribution >= 4 is 18.4 Å². The molecule has 4 nitrogen and oxygen atoms in total. The highest BCUT2D eigenvalue weighted by Gasteiger charge is 2.12. The van der Waals surface area contributed by atoms with Crippen molar-refractivity contribution in [2.75, 3.05) is 0 Å². The molecule has 21 heavy (non-hydrogen) atoms. The molecule has 0 saturated heterocycles. The van der Waals surface area contributed by atoms with Crippen molar-refractivity contribution < 1.29 is 15.0 Å². The van der Waals surface area contributed by atoms with Gasteiger partial charge in [0.2, 0.25) is 0 Å². The smallest absolute Gasteiger partial charge is 0.310 e. The molecule has 4 N–H and O–H groups in total. The Labute approximate surface area is 133 Å². The second kappa shape index (κ2) is 11.5. The number of halogens is 1. The van der Waals surface area contributed by atoms with Gasteiger partial charge in [0.1, 0.15) is 6.23 Å². The van der Waals surface area contributed by atoms with Gasteiger partial charge in [0.05, 0.1) is 5.92 Å². The van der Waals surface area contributed by atoms with Crippen molar-refractivity contribution in [3.8, 4) is 0 Å². The largest absolute Gasteiger partial charge is 0.481 e. The number of hydrogen-bond donors (Lipinski definition) is 3. The number of nitrogens with two attached hydrogens (primary N) is 1. The first-order valence-corrected chi connectivity index (χ1v) is 7.03. The van der Waals surface area contributed by atoms with Crippen molar-refractivity contribution in [3.63, 3.8) is 0 Å². The van der Waals surface area contributed by atoms with Gasteiger partial charge in [0, 0.05) is 0 Å². The minimum atomic E-state index is -0.772. The average molecular weight is 318 g/mol. The predicted octanol–water partition coefficient (Wildman–Crippen LogP) is 3.17. The van der Waals surface area contributed by atoms with Crippen molar-refractivity contribution in [2.45, 2.75) is 52.7 Å². The van der Waals surface area contributed by atoms with Crippen LogP contribution in [0.2, 0.25) is 0 Å². The summed E-state index contributed by atoms with van der Waals surface area (Å²) in [7, 11) is 0. The predicted molar refractivity (Wildman–Crippen MR) is 88.8 cm³/mol. The number of hydrogen-bond acceptors (Lipinski definition) is 3. The van der Waals surface area contributed by atoms with Crippen LogP contribution in [0, 0.1) is 5.92 Å². The fourth-order valence-corrected chi connectivity index (χ4v) is 1.56. The maximum Gasteiger partial charge on any atom is 0.310 e. The number of aliphatic hydroxyl groups is 1. The van der Waals surface area contributed by atoms with Crippen LogP contribution in [-0.2, 0) is 11.2 Å². The lowest BCUT2D eigenvalue weighted by Gasteiger charge is -2.09. The fourth-order valence-electron chi connectivity index (χ4n) is 1.56. The molecule has 0 amide bonds. The van der Waals surface area contributed by atoms with E-state index in [0.29, 0.717) is 12.3 Å². The maximum atomic E-state index is 10.8. The number of carbonyl (C=O) groups is 1. The molecule has 2 atom stereocenters. The van der Waals surface area contributed by atoms with Gasteiger partial charge < -0.3 is 15.9 Å². The van der Waals surface area contributed by atoms with Crippen LogP contribution in [0.3, 0.4) is 0 Å². The Morgan fingerprint density at radius 3 is 1.90 bits per heavy atom. The molecule has 0 spiro atoms. The first-order valence-electron chi connectivity index (χ1n) is 7.03. The summed E-state index contributed by atoms with van der Waals surface area (Å²) in [6.45, 7) is 7.88. The van der Waals surface area contributed by atoms with Crippen LogP contribution in [0.1, 0.15) is 51.2 Å². The molecule has 2 unspecified atom stereocenters. The Bertz CT molecular complexity index is 391. The molecule has 0 aliphatic heterocycles. The van der Waals surface area contributed by atoms with Crippen molar-refractivity contribution in [1.29, 1.82) is 0 Å². The van der Waals surface area contributed by atoms with Gasteiger partial charge >= 0.3 is 5.97 Å². The summed E-state index contributed by atoms with van der Waals surface area (Å²) >= 11 is 0. The van der Waals surface area contributed by atoms with Crippen LogP contribution in [0.4, 0.5) is 0 Å². The summed E-state index contributed by atoms with van der Waals surface area (Å²) in [5.41, 5.74) is 6.99. The molecule has 1 rings (SSSR count). The van der Waals surface area contributed by atoms with Crippen LogP contribution in [0.25, 0.3) is 0 Å². The van der Waals surface area contributed by atoms with Crippen molar-refractivity contribution in [2.24, 2.45) is 11.7 Å². The Morgan fingerprint density at radius 1 is 1.19 bits per heavy atom. The van der Waals surface area contributed by atoms with Gasteiger partial charge in [0.25, 0.3) is 0 Å². The third-order valence-corrected chi connectivity index (χ3v) is 2.91. The van der Waals surface area contributed by atoms with Gasteiger partial charge in [-0.05, 0) is 36.8 Å². The molecule has 1 aromatic rings. The maximum absolute atomic E-state index is 10.8. The molecule has 5 heteroatoms. The number of aliphatic hydroxyl groups excluding tert-OH is 1. The number of carboxylic acid groups (broad SMARTS) is 1. The van der Waals surface area contributed by atoms with E-state index in [1.165, 1.54) is 5.56 Å². The molecular formula is C16H28ClNO3. The fraction of sp³-hybridized carbons (Fsp3) is 0.562. The van der Waals surface area contributed by atoms with Crippen LogP contribution >= 0.6 is 12.4 Å². The monoisotopic (exact) mass is 317 g/mol. The van der Waals surface area contributed by atoms with E-state index in [9.17, 15) is 4.79 Å². The summed E-state index contributed by atoms with van der Waals surface area (Å²) in [6, 6.07) is 7.87. The Morgan fingerprint density at radius 2 is 1.62 bits per heavy atom. The molecule has 122 valence electrons. The van der Waals surface area contributed by atoms with Gasteiger partial charge in [-0.25, -0.2) is 0 Å². The van der Waals surface area contributed by atoms with Crippen LogP contribution in [0.15, 0.2) is 24.3 Å². The highest BCUT2D eigenvalue weighted by molar-refractivity contribution is 5.85. The molecular weight excluding hydrogens is 290 g/mol. The van der Waals surface area contributed by atoms with E-state index in [-0.39, 0.29) is 12.4 Å². The van der Waals surface area contributed by atoms with E-state index in [2.05, 4.69) is 13.8 Å². The molecule has 0 fully saturated rings. The van der Waals surface area contributed by atoms with Gasteiger partial charge in [-0.15, -0.1) is 12.4 Å². The molecule has 0 aliphatic rings. The lowest BCUT2D eigenvalue weighted by atomic mass is 9.97. The highest BCUT2D eigenvalue weighted by atomic mass is 35.5. The van der Waals surface area contributed by atoms with E-state index in [1.54, 1.807) is 6.92 Å². The summed E-state index contributed by atoms with van der Waals surface area (Å²) in [4.78, 5) is 10.8. The van der Waals surface area contributed by atoms with E-state index < -0.39 is 18.1 Å². The van der Waals surface area contributed by atoms with Crippen molar-refractivity contribution in [3.05, 3.63) is 35.4 Å². The second-order valence-corrected chi connectivity index (χ2v) is 5.38. The summed E-state index contributed by atoms with van der Waals surface area (Å²) in [6.07, 6.45) is 1.07. The van der Waals surface area contributed by atoms with Gasteiger partial charge in [-0.1, -0.05) is 45.0 Å². The van der Waals surface area contributed by atoms with Crippen molar-refractivity contribution in [1.82, 2.24) is 0 Å². The van der Waals surface area contributed by atoms with Gasteiger partial charge in [-0.3, -0.25) is 4.79 Å². The zero-order chi connectivity index (χ0) is 15.7. The first-order chi connectivity index (χ1) is 9.27. The zero-order valence-electron chi connectivity index (χ0n) is 13.2. The number of rotatable bonds is 5. The lowest BCUT2D eigenvalue weighted by Crippen LogP contribution is -2.16. The molecule has 0 radical (unpaired) electrons. The topological polar surface area (TPSA) is 83.5 Å².